The van der Waals surface area contributed by atoms with Gasteiger partial charge in [-0.2, -0.15) is 0 Å². The highest BCUT2D eigenvalue weighted by atomic mass is 28.3. The van der Waals surface area contributed by atoms with Crippen LogP contribution < -0.4 is 15.6 Å². The van der Waals surface area contributed by atoms with E-state index in [0.717, 1.165) is 27.8 Å². The zero-order valence-corrected chi connectivity index (χ0v) is 18.9. The summed E-state index contributed by atoms with van der Waals surface area (Å²) in [5, 5.41) is 6.54. The SMILES string of the molecule is C[Si](c1ccccc1)(c1ccccc1)c1ccc(-n2ccc3c4ccccc4oc32)cc1. The number of rotatable bonds is 4. The van der Waals surface area contributed by atoms with Crippen molar-refractivity contribution < 1.29 is 4.42 Å². The van der Waals surface area contributed by atoms with Gasteiger partial charge >= 0.3 is 0 Å². The fraction of sp³-hybridized carbons (Fsp3) is 0.0345. The molecule has 0 atom stereocenters. The molecule has 0 fully saturated rings. The van der Waals surface area contributed by atoms with Gasteiger partial charge in [-0.1, -0.05) is 97.5 Å². The van der Waals surface area contributed by atoms with Gasteiger partial charge in [0.25, 0.3) is 0 Å². The van der Waals surface area contributed by atoms with E-state index in [1.807, 2.05) is 12.1 Å². The van der Waals surface area contributed by atoms with Gasteiger partial charge in [-0.15, -0.1) is 0 Å². The van der Waals surface area contributed by atoms with Crippen LogP contribution in [-0.4, -0.2) is 12.6 Å². The van der Waals surface area contributed by atoms with Crippen molar-refractivity contribution >= 4 is 45.7 Å². The minimum absolute atomic E-state index is 0.894. The number of furan rings is 1. The lowest BCUT2D eigenvalue weighted by Crippen LogP contribution is -2.64. The Morgan fingerprint density at radius 1 is 0.562 bits per heavy atom. The molecule has 0 bridgehead atoms. The number of aromatic nitrogens is 1. The van der Waals surface area contributed by atoms with Crippen LogP contribution in [-0.2, 0) is 0 Å². The van der Waals surface area contributed by atoms with E-state index in [1.165, 1.54) is 15.6 Å². The van der Waals surface area contributed by atoms with Gasteiger partial charge in [0, 0.05) is 22.7 Å². The molecule has 0 aliphatic carbocycles. The van der Waals surface area contributed by atoms with Crippen molar-refractivity contribution in [3.63, 3.8) is 0 Å². The second kappa shape index (κ2) is 7.40. The van der Waals surface area contributed by atoms with Crippen LogP contribution >= 0.6 is 0 Å². The monoisotopic (exact) mass is 429 g/mol. The summed E-state index contributed by atoms with van der Waals surface area (Å²) in [7, 11) is -2.10. The normalized spacial score (nSPS) is 11.9. The zero-order valence-electron chi connectivity index (χ0n) is 17.9. The van der Waals surface area contributed by atoms with Crippen molar-refractivity contribution in [2.24, 2.45) is 0 Å². The Morgan fingerprint density at radius 2 is 1.12 bits per heavy atom. The molecule has 3 heteroatoms. The predicted octanol–water partition coefficient (Wildman–Crippen LogP) is 5.48. The van der Waals surface area contributed by atoms with Crippen LogP contribution in [0.15, 0.2) is 126 Å². The van der Waals surface area contributed by atoms with Gasteiger partial charge in [-0.25, -0.2) is 0 Å². The van der Waals surface area contributed by atoms with Gasteiger partial charge in [-0.3, -0.25) is 4.57 Å². The number of hydrogen-bond donors (Lipinski definition) is 0. The summed E-state index contributed by atoms with van der Waals surface area (Å²) in [6.45, 7) is 2.44. The third kappa shape index (κ3) is 2.86. The third-order valence-corrected chi connectivity index (χ3v) is 11.1. The maximum absolute atomic E-state index is 6.19. The van der Waals surface area contributed by atoms with E-state index in [1.54, 1.807) is 0 Å². The largest absolute Gasteiger partial charge is 0.439 e. The molecule has 0 aliphatic rings. The molecule has 0 radical (unpaired) electrons. The molecular formula is C29H23NOSi. The van der Waals surface area contributed by atoms with Crippen molar-refractivity contribution in [3.8, 4) is 5.69 Å². The van der Waals surface area contributed by atoms with E-state index in [4.69, 9.17) is 4.42 Å². The fourth-order valence-electron chi connectivity index (χ4n) is 4.81. The van der Waals surface area contributed by atoms with Gasteiger partial charge in [0.1, 0.15) is 13.7 Å². The Balaban J connectivity index is 1.47. The van der Waals surface area contributed by atoms with Crippen LogP contribution in [0, 0.1) is 0 Å². The standard InChI is InChI=1S/C29H23NOSi/c1-32(23-10-4-2-5-11-23,24-12-6-3-7-13-24)25-18-16-22(17-19-25)30-21-20-27-26-14-8-9-15-28(26)31-29(27)30/h2-21H,1H3. The molecule has 0 amide bonds. The summed E-state index contributed by atoms with van der Waals surface area (Å²) < 4.78 is 8.33. The highest BCUT2D eigenvalue weighted by molar-refractivity contribution is 7.10. The maximum atomic E-state index is 6.19. The van der Waals surface area contributed by atoms with Gasteiger partial charge < -0.3 is 4.42 Å². The fourth-order valence-corrected chi connectivity index (χ4v) is 8.36. The molecule has 0 saturated heterocycles. The van der Waals surface area contributed by atoms with Crippen LogP contribution in [0.2, 0.25) is 6.55 Å². The first kappa shape index (κ1) is 18.9. The highest BCUT2D eigenvalue weighted by Gasteiger charge is 2.33. The highest BCUT2D eigenvalue weighted by Crippen LogP contribution is 2.30. The van der Waals surface area contributed by atoms with Crippen LogP contribution in [0.3, 0.4) is 0 Å². The van der Waals surface area contributed by atoms with Crippen LogP contribution in [0.5, 0.6) is 0 Å². The van der Waals surface area contributed by atoms with Crippen molar-refractivity contribution in [1.82, 2.24) is 4.57 Å². The molecule has 0 unspecified atom stereocenters. The average molecular weight is 430 g/mol. The Bertz CT molecular complexity index is 1470. The van der Waals surface area contributed by atoms with E-state index in [2.05, 4.69) is 120 Å². The van der Waals surface area contributed by atoms with Gasteiger partial charge in [0.15, 0.2) is 0 Å². The van der Waals surface area contributed by atoms with Gasteiger partial charge in [0.2, 0.25) is 5.71 Å². The average Bonchev–Trinajstić information content (AvgIpc) is 3.44. The van der Waals surface area contributed by atoms with Gasteiger partial charge in [-0.05, 0) is 39.8 Å². The molecule has 0 N–H and O–H groups in total. The van der Waals surface area contributed by atoms with Crippen molar-refractivity contribution in [2.45, 2.75) is 6.55 Å². The van der Waals surface area contributed by atoms with Crippen LogP contribution in [0.1, 0.15) is 0 Å². The first-order chi connectivity index (χ1) is 15.7. The first-order valence-electron chi connectivity index (χ1n) is 11.0. The third-order valence-electron chi connectivity index (χ3n) is 6.65. The Hall–Kier alpha value is -3.82. The van der Waals surface area contributed by atoms with Crippen molar-refractivity contribution in [1.29, 1.82) is 0 Å². The molecular weight excluding hydrogens is 406 g/mol. The maximum Gasteiger partial charge on any atom is 0.212 e. The molecule has 0 saturated carbocycles. The Kier molecular flexibility index (Phi) is 4.37. The Morgan fingerprint density at radius 3 is 1.78 bits per heavy atom. The predicted molar refractivity (Wildman–Crippen MR) is 136 cm³/mol. The minimum Gasteiger partial charge on any atom is -0.439 e. The van der Waals surface area contributed by atoms with E-state index >= 15 is 0 Å². The number of fused-ring (bicyclic) bond motifs is 3. The van der Waals surface area contributed by atoms with Gasteiger partial charge in [0.05, 0.1) is 0 Å². The lowest BCUT2D eigenvalue weighted by atomic mass is 10.2. The quantitative estimate of drug-likeness (QED) is 0.268. The summed E-state index contributed by atoms with van der Waals surface area (Å²) in [6, 6.07) is 41.3. The summed E-state index contributed by atoms with van der Waals surface area (Å²) in [5.74, 6) is 0. The summed E-state index contributed by atoms with van der Waals surface area (Å²) in [6.07, 6.45) is 2.10. The van der Waals surface area contributed by atoms with Crippen LogP contribution in [0.25, 0.3) is 27.8 Å². The molecule has 6 aromatic rings. The van der Waals surface area contributed by atoms with Crippen molar-refractivity contribution in [3.05, 3.63) is 121 Å². The van der Waals surface area contributed by atoms with E-state index in [-0.39, 0.29) is 0 Å². The second-order valence-corrected chi connectivity index (χ2v) is 12.4. The molecule has 4 aromatic carbocycles. The molecule has 2 heterocycles. The topological polar surface area (TPSA) is 18.1 Å². The first-order valence-corrected chi connectivity index (χ1v) is 13.5. The summed E-state index contributed by atoms with van der Waals surface area (Å²) >= 11 is 0. The van der Waals surface area contributed by atoms with Crippen LogP contribution in [0.4, 0.5) is 0 Å². The number of benzene rings is 4. The zero-order chi connectivity index (χ0) is 21.5. The summed E-state index contributed by atoms with van der Waals surface area (Å²) in [5.41, 5.74) is 2.93. The second-order valence-electron chi connectivity index (χ2n) is 8.41. The lowest BCUT2D eigenvalue weighted by molar-refractivity contribution is 0.643. The molecule has 0 spiro atoms. The lowest BCUT2D eigenvalue weighted by Gasteiger charge is -2.29. The van der Waals surface area contributed by atoms with Crippen molar-refractivity contribution in [2.75, 3.05) is 0 Å². The molecule has 32 heavy (non-hydrogen) atoms. The molecule has 0 aliphatic heterocycles. The molecule has 2 nitrogen and oxygen atoms in total. The minimum atomic E-state index is -2.10. The van der Waals surface area contributed by atoms with E-state index < -0.39 is 8.07 Å². The number of hydrogen-bond acceptors (Lipinski definition) is 1. The molecule has 154 valence electrons. The Labute approximate surface area is 188 Å². The molecule has 6 rings (SSSR count). The smallest absolute Gasteiger partial charge is 0.212 e. The van der Waals surface area contributed by atoms with E-state index in [0.29, 0.717) is 0 Å². The van der Waals surface area contributed by atoms with E-state index in [9.17, 15) is 0 Å². The molecule has 2 aromatic heterocycles. The number of para-hydroxylation sites is 1. The summed E-state index contributed by atoms with van der Waals surface area (Å²) in [4.78, 5) is 0. The number of nitrogens with zero attached hydrogens (tertiary/aromatic N) is 1.